The predicted octanol–water partition coefficient (Wildman–Crippen LogP) is 0.0747. The molecule has 116 valence electrons. The van der Waals surface area contributed by atoms with Gasteiger partial charge in [-0.2, -0.15) is 0 Å². The van der Waals surface area contributed by atoms with Crippen LogP contribution in [0.3, 0.4) is 0 Å². The maximum Gasteiger partial charge on any atom is 0.317 e. The summed E-state index contributed by atoms with van der Waals surface area (Å²) in [7, 11) is 1.62. The van der Waals surface area contributed by atoms with Crippen molar-refractivity contribution in [2.24, 2.45) is 0 Å². The van der Waals surface area contributed by atoms with E-state index in [4.69, 9.17) is 13.9 Å². The Labute approximate surface area is 122 Å². The normalized spacial score (nSPS) is 27.5. The van der Waals surface area contributed by atoms with Gasteiger partial charge in [0.1, 0.15) is 6.10 Å². The summed E-state index contributed by atoms with van der Waals surface area (Å²) in [4.78, 5) is 13.9. The summed E-state index contributed by atoms with van der Waals surface area (Å²) in [5.41, 5.74) is -0.258. The number of hydrogen-bond acceptors (Lipinski definition) is 6. The average molecular weight is 296 g/mol. The molecular weight excluding hydrogens is 276 g/mol. The van der Waals surface area contributed by atoms with Gasteiger partial charge in [0, 0.05) is 27.1 Å². The molecule has 2 aliphatic heterocycles. The van der Waals surface area contributed by atoms with E-state index >= 15 is 0 Å². The summed E-state index contributed by atoms with van der Waals surface area (Å²) >= 11 is 0. The first-order valence-electron chi connectivity index (χ1n) is 6.98. The van der Waals surface area contributed by atoms with Gasteiger partial charge < -0.3 is 24.1 Å². The number of urea groups is 1. The molecule has 3 rings (SSSR count). The summed E-state index contributed by atoms with van der Waals surface area (Å²) < 4.78 is 16.1. The topological polar surface area (TPSA) is 89.7 Å². The SMILES string of the molecule is CO[C@@H]1COC[C@@H]1NC(=O)N1CC(C)(c2nnc(C)o2)C1. The highest BCUT2D eigenvalue weighted by molar-refractivity contribution is 5.76. The fourth-order valence-corrected chi connectivity index (χ4v) is 2.77. The first-order valence-corrected chi connectivity index (χ1v) is 6.98. The smallest absolute Gasteiger partial charge is 0.317 e. The number of methoxy groups -OCH3 is 1. The fourth-order valence-electron chi connectivity index (χ4n) is 2.77. The maximum absolute atomic E-state index is 12.2. The van der Waals surface area contributed by atoms with E-state index < -0.39 is 0 Å². The monoisotopic (exact) mass is 296 g/mol. The van der Waals surface area contributed by atoms with Crippen molar-refractivity contribution in [1.29, 1.82) is 0 Å². The van der Waals surface area contributed by atoms with Crippen LogP contribution in [0.1, 0.15) is 18.7 Å². The Hall–Kier alpha value is -1.67. The molecule has 8 nitrogen and oxygen atoms in total. The van der Waals surface area contributed by atoms with Crippen molar-refractivity contribution in [2.45, 2.75) is 31.4 Å². The van der Waals surface area contributed by atoms with E-state index in [0.29, 0.717) is 38.1 Å². The quantitative estimate of drug-likeness (QED) is 0.849. The average Bonchev–Trinajstić information content (AvgIpc) is 3.03. The highest BCUT2D eigenvalue weighted by atomic mass is 16.5. The lowest BCUT2D eigenvalue weighted by Gasteiger charge is -2.45. The molecule has 0 spiro atoms. The van der Waals surface area contributed by atoms with Gasteiger partial charge in [0.25, 0.3) is 0 Å². The van der Waals surface area contributed by atoms with E-state index in [1.165, 1.54) is 0 Å². The minimum atomic E-state index is -0.258. The molecule has 2 amide bonds. The Bertz CT molecular complexity index is 526. The zero-order chi connectivity index (χ0) is 15.0. The van der Waals surface area contributed by atoms with Crippen molar-refractivity contribution < 1.29 is 18.7 Å². The number of nitrogens with one attached hydrogen (secondary N) is 1. The third-order valence-electron chi connectivity index (χ3n) is 4.05. The highest BCUT2D eigenvalue weighted by Gasteiger charge is 2.47. The van der Waals surface area contributed by atoms with Gasteiger partial charge >= 0.3 is 6.03 Å². The van der Waals surface area contributed by atoms with Crippen molar-refractivity contribution in [3.63, 3.8) is 0 Å². The molecular formula is C13H20N4O4. The van der Waals surface area contributed by atoms with Crippen LogP contribution in [0.5, 0.6) is 0 Å². The van der Waals surface area contributed by atoms with E-state index in [0.717, 1.165) is 0 Å². The zero-order valence-electron chi connectivity index (χ0n) is 12.5. The molecule has 2 aliphatic rings. The summed E-state index contributed by atoms with van der Waals surface area (Å²) in [5, 5.41) is 10.8. The molecule has 3 heterocycles. The Morgan fingerprint density at radius 1 is 1.43 bits per heavy atom. The number of likely N-dealkylation sites (tertiary alicyclic amines) is 1. The van der Waals surface area contributed by atoms with Gasteiger partial charge in [-0.3, -0.25) is 0 Å². The molecule has 1 aromatic heterocycles. The third-order valence-corrected chi connectivity index (χ3v) is 4.05. The standard InChI is InChI=1S/C13H20N4O4/c1-8-15-16-11(21-8)13(2)6-17(7-13)12(18)14-9-4-20-5-10(9)19-3/h9-10H,4-7H2,1-3H3,(H,14,18)/t9-,10+/m0/s1. The van der Waals surface area contributed by atoms with Crippen LogP contribution in [0.4, 0.5) is 4.79 Å². The van der Waals surface area contributed by atoms with E-state index in [1.54, 1.807) is 18.9 Å². The predicted molar refractivity (Wildman–Crippen MR) is 71.9 cm³/mol. The van der Waals surface area contributed by atoms with Gasteiger partial charge in [-0.1, -0.05) is 0 Å². The van der Waals surface area contributed by atoms with Crippen LogP contribution in [0.2, 0.25) is 0 Å². The molecule has 0 aromatic carbocycles. The largest absolute Gasteiger partial charge is 0.425 e. The van der Waals surface area contributed by atoms with Crippen LogP contribution in [0.25, 0.3) is 0 Å². The Kier molecular flexibility index (Phi) is 3.58. The number of hydrogen-bond donors (Lipinski definition) is 1. The molecule has 2 atom stereocenters. The number of aromatic nitrogens is 2. The molecule has 1 N–H and O–H groups in total. The van der Waals surface area contributed by atoms with Crippen LogP contribution in [0, 0.1) is 6.92 Å². The van der Waals surface area contributed by atoms with Gasteiger partial charge in [-0.25, -0.2) is 4.79 Å². The van der Waals surface area contributed by atoms with Gasteiger partial charge in [0.2, 0.25) is 11.8 Å². The molecule has 0 unspecified atom stereocenters. The molecule has 1 aromatic rings. The lowest BCUT2D eigenvalue weighted by molar-refractivity contribution is 0.0640. The number of carbonyl (C=O) groups excluding carboxylic acids is 1. The molecule has 21 heavy (non-hydrogen) atoms. The number of nitrogens with zero attached hydrogens (tertiary/aromatic N) is 3. The highest BCUT2D eigenvalue weighted by Crippen LogP contribution is 2.33. The van der Waals surface area contributed by atoms with Crippen molar-refractivity contribution in [3.8, 4) is 0 Å². The van der Waals surface area contributed by atoms with Crippen LogP contribution >= 0.6 is 0 Å². The second kappa shape index (κ2) is 5.27. The lowest BCUT2D eigenvalue weighted by atomic mass is 9.82. The lowest BCUT2D eigenvalue weighted by Crippen LogP contribution is -2.63. The van der Waals surface area contributed by atoms with E-state index in [1.807, 2.05) is 6.92 Å². The van der Waals surface area contributed by atoms with E-state index in [-0.39, 0.29) is 23.6 Å². The molecule has 0 radical (unpaired) electrons. The van der Waals surface area contributed by atoms with Crippen LogP contribution in [0.15, 0.2) is 4.42 Å². The van der Waals surface area contributed by atoms with Crippen molar-refractivity contribution in [1.82, 2.24) is 20.4 Å². The molecule has 2 saturated heterocycles. The Morgan fingerprint density at radius 3 is 2.81 bits per heavy atom. The van der Waals surface area contributed by atoms with Gasteiger partial charge in [0.15, 0.2) is 0 Å². The van der Waals surface area contributed by atoms with Crippen molar-refractivity contribution >= 4 is 6.03 Å². The van der Waals surface area contributed by atoms with E-state index in [2.05, 4.69) is 15.5 Å². The summed E-state index contributed by atoms with van der Waals surface area (Å²) in [6.07, 6.45) is -0.0831. The number of aryl methyl sites for hydroxylation is 1. The number of rotatable bonds is 3. The molecule has 8 heteroatoms. The second-order valence-corrected chi connectivity index (χ2v) is 5.91. The zero-order valence-corrected chi connectivity index (χ0v) is 12.5. The number of amides is 2. The van der Waals surface area contributed by atoms with E-state index in [9.17, 15) is 4.79 Å². The van der Waals surface area contributed by atoms with Gasteiger partial charge in [-0.05, 0) is 6.92 Å². The Balaban J connectivity index is 1.55. The minimum absolute atomic E-state index is 0.0831. The molecule has 2 fully saturated rings. The molecule has 0 saturated carbocycles. The fraction of sp³-hybridized carbons (Fsp3) is 0.769. The number of carbonyl (C=O) groups is 1. The summed E-state index contributed by atoms with van der Waals surface area (Å²) in [6.45, 7) is 5.89. The van der Waals surface area contributed by atoms with Crippen LogP contribution in [-0.2, 0) is 14.9 Å². The minimum Gasteiger partial charge on any atom is -0.425 e. The number of ether oxygens (including phenoxy) is 2. The Morgan fingerprint density at radius 2 is 2.19 bits per heavy atom. The van der Waals surface area contributed by atoms with Gasteiger partial charge in [-0.15, -0.1) is 10.2 Å². The maximum atomic E-state index is 12.2. The van der Waals surface area contributed by atoms with Crippen molar-refractivity contribution in [3.05, 3.63) is 11.8 Å². The molecule has 0 aliphatic carbocycles. The third kappa shape index (κ3) is 2.60. The summed E-state index contributed by atoms with van der Waals surface area (Å²) in [5.74, 6) is 1.13. The first kappa shape index (κ1) is 14.3. The van der Waals surface area contributed by atoms with Gasteiger partial charge in [0.05, 0.1) is 24.7 Å². The second-order valence-electron chi connectivity index (χ2n) is 5.91. The molecule has 0 bridgehead atoms. The first-order chi connectivity index (χ1) is 10.0. The van der Waals surface area contributed by atoms with Crippen molar-refractivity contribution in [2.75, 3.05) is 33.4 Å². The summed E-state index contributed by atoms with van der Waals surface area (Å²) in [6, 6.07) is -0.207. The van der Waals surface area contributed by atoms with Crippen LogP contribution in [-0.4, -0.2) is 66.7 Å². The van der Waals surface area contributed by atoms with Crippen LogP contribution < -0.4 is 5.32 Å².